The number of amides is 1. The number of rotatable bonds is 6. The summed E-state index contributed by atoms with van der Waals surface area (Å²) in [6, 6.07) is 15.7. The Bertz CT molecular complexity index is 1070. The van der Waals surface area contributed by atoms with Crippen LogP contribution in [0.25, 0.3) is 0 Å². The lowest BCUT2D eigenvalue weighted by molar-refractivity contribution is 0.0342. The van der Waals surface area contributed by atoms with E-state index in [1.165, 1.54) is 5.56 Å². The van der Waals surface area contributed by atoms with E-state index in [1.807, 2.05) is 61.0 Å². The molecule has 2 aromatic carbocycles. The first-order valence-corrected chi connectivity index (χ1v) is 10.9. The van der Waals surface area contributed by atoms with E-state index in [0.29, 0.717) is 22.8 Å². The van der Waals surface area contributed by atoms with E-state index in [9.17, 15) is 4.79 Å². The molecule has 3 aromatic rings. The van der Waals surface area contributed by atoms with E-state index in [0.717, 1.165) is 49.8 Å². The minimum atomic E-state index is -0.149. The maximum atomic E-state index is 13.1. The number of nitrogens with zero attached hydrogens (tertiary/aromatic N) is 3. The second-order valence-electron chi connectivity index (χ2n) is 7.84. The number of benzene rings is 2. The van der Waals surface area contributed by atoms with E-state index >= 15 is 0 Å². The van der Waals surface area contributed by atoms with Crippen molar-refractivity contribution in [2.75, 3.05) is 31.6 Å². The van der Waals surface area contributed by atoms with Crippen LogP contribution in [-0.2, 0) is 17.8 Å². The summed E-state index contributed by atoms with van der Waals surface area (Å²) in [6.07, 6.45) is 0. The molecule has 1 aliphatic heterocycles. The van der Waals surface area contributed by atoms with Crippen molar-refractivity contribution in [3.63, 3.8) is 0 Å². The van der Waals surface area contributed by atoms with Gasteiger partial charge in [-0.2, -0.15) is 5.10 Å². The highest BCUT2D eigenvalue weighted by Crippen LogP contribution is 2.21. The third-order valence-electron chi connectivity index (χ3n) is 5.58. The maximum absolute atomic E-state index is 13.1. The topological polar surface area (TPSA) is 59.4 Å². The highest BCUT2D eigenvalue weighted by molar-refractivity contribution is 6.31. The Morgan fingerprint density at radius 1 is 1.10 bits per heavy atom. The Labute approximate surface area is 187 Å². The molecular weight excluding hydrogens is 412 g/mol. The largest absolute Gasteiger partial charge is 0.379 e. The van der Waals surface area contributed by atoms with Gasteiger partial charge in [-0.05, 0) is 43.2 Å². The van der Waals surface area contributed by atoms with Gasteiger partial charge in [-0.1, -0.05) is 41.9 Å². The molecule has 2 heterocycles. The molecule has 1 saturated heterocycles. The van der Waals surface area contributed by atoms with Crippen LogP contribution in [-0.4, -0.2) is 46.9 Å². The molecule has 1 aliphatic rings. The molecule has 0 aliphatic carbocycles. The molecule has 0 spiro atoms. The zero-order valence-electron chi connectivity index (χ0n) is 17.9. The summed E-state index contributed by atoms with van der Waals surface area (Å²) in [4.78, 5) is 15.4. The van der Waals surface area contributed by atoms with Gasteiger partial charge in [0.25, 0.3) is 5.91 Å². The molecule has 0 unspecified atom stereocenters. The molecule has 6 nitrogen and oxygen atoms in total. The minimum Gasteiger partial charge on any atom is -0.379 e. The number of morpholine rings is 1. The smallest absolute Gasteiger partial charge is 0.259 e. The Morgan fingerprint density at radius 3 is 2.65 bits per heavy atom. The van der Waals surface area contributed by atoms with Gasteiger partial charge < -0.3 is 10.1 Å². The van der Waals surface area contributed by atoms with Crippen LogP contribution in [0.3, 0.4) is 0 Å². The summed E-state index contributed by atoms with van der Waals surface area (Å²) >= 11 is 6.30. The molecule has 7 heteroatoms. The quantitative estimate of drug-likeness (QED) is 0.623. The van der Waals surface area contributed by atoms with Gasteiger partial charge in [-0.25, -0.2) is 0 Å². The standard InChI is InChI=1S/C24H27ClN4O2/c1-17-23(18(2)29(27-17)16-20-7-3-4-9-22(20)25)24(30)26-21-8-5-6-19(14-21)15-28-10-12-31-13-11-28/h3-9,14H,10-13,15-16H2,1-2H3,(H,26,30). The van der Waals surface area contributed by atoms with E-state index in [1.54, 1.807) is 0 Å². The van der Waals surface area contributed by atoms with Gasteiger partial charge >= 0.3 is 0 Å². The predicted octanol–water partition coefficient (Wildman–Crippen LogP) is 4.29. The number of ether oxygens (including phenoxy) is 1. The second-order valence-corrected chi connectivity index (χ2v) is 8.25. The second kappa shape index (κ2) is 9.64. The summed E-state index contributed by atoms with van der Waals surface area (Å²) in [5.74, 6) is -0.149. The number of hydrogen-bond donors (Lipinski definition) is 1. The Hall–Kier alpha value is -2.67. The zero-order chi connectivity index (χ0) is 21.8. The molecule has 0 atom stereocenters. The lowest BCUT2D eigenvalue weighted by Crippen LogP contribution is -2.35. The molecule has 0 radical (unpaired) electrons. The average Bonchev–Trinajstić information content (AvgIpc) is 3.03. The third-order valence-corrected chi connectivity index (χ3v) is 5.95. The van der Waals surface area contributed by atoms with Gasteiger partial charge in [0, 0.05) is 36.0 Å². The molecule has 0 saturated carbocycles. The number of hydrogen-bond acceptors (Lipinski definition) is 4. The van der Waals surface area contributed by atoms with Crippen LogP contribution in [0.4, 0.5) is 5.69 Å². The molecule has 1 N–H and O–H groups in total. The molecular formula is C24H27ClN4O2. The first-order valence-electron chi connectivity index (χ1n) is 10.5. The fourth-order valence-electron chi connectivity index (χ4n) is 3.93. The number of anilines is 1. The van der Waals surface area contributed by atoms with Gasteiger partial charge in [0.1, 0.15) is 0 Å². The predicted molar refractivity (Wildman–Crippen MR) is 123 cm³/mol. The highest BCUT2D eigenvalue weighted by atomic mass is 35.5. The molecule has 4 rings (SSSR count). The van der Waals surface area contributed by atoms with Crippen molar-refractivity contribution in [3.8, 4) is 0 Å². The molecule has 1 fully saturated rings. The van der Waals surface area contributed by atoms with Gasteiger partial charge in [0.15, 0.2) is 0 Å². The summed E-state index contributed by atoms with van der Waals surface area (Å²) in [5, 5.41) is 8.32. The summed E-state index contributed by atoms with van der Waals surface area (Å²) in [7, 11) is 0. The summed E-state index contributed by atoms with van der Waals surface area (Å²) in [5.41, 5.74) is 5.05. The molecule has 31 heavy (non-hydrogen) atoms. The molecule has 0 bridgehead atoms. The maximum Gasteiger partial charge on any atom is 0.259 e. The average molecular weight is 439 g/mol. The number of halogens is 1. The number of carbonyl (C=O) groups is 1. The molecule has 1 amide bonds. The van der Waals surface area contributed by atoms with Crippen LogP contribution in [0.5, 0.6) is 0 Å². The van der Waals surface area contributed by atoms with E-state index in [2.05, 4.69) is 21.4 Å². The summed E-state index contributed by atoms with van der Waals surface area (Å²) < 4.78 is 7.25. The fourth-order valence-corrected chi connectivity index (χ4v) is 4.12. The van der Waals surface area contributed by atoms with Crippen LogP contribution in [0.2, 0.25) is 5.02 Å². The third kappa shape index (κ3) is 5.15. The van der Waals surface area contributed by atoms with Crippen molar-refractivity contribution < 1.29 is 9.53 Å². The van der Waals surface area contributed by atoms with Crippen LogP contribution >= 0.6 is 11.6 Å². The Kier molecular flexibility index (Phi) is 6.70. The van der Waals surface area contributed by atoms with Gasteiger partial charge in [0.05, 0.1) is 31.0 Å². The van der Waals surface area contributed by atoms with Crippen molar-refractivity contribution in [2.45, 2.75) is 26.9 Å². The molecule has 162 valence electrons. The Balaban J connectivity index is 1.48. The summed E-state index contributed by atoms with van der Waals surface area (Å²) in [6.45, 7) is 8.55. The fraction of sp³-hybridized carbons (Fsp3) is 0.333. The Morgan fingerprint density at radius 2 is 1.87 bits per heavy atom. The number of aryl methyl sites for hydroxylation is 1. The lowest BCUT2D eigenvalue weighted by atomic mass is 10.1. The zero-order valence-corrected chi connectivity index (χ0v) is 18.7. The van der Waals surface area contributed by atoms with Crippen molar-refractivity contribution in [3.05, 3.63) is 81.6 Å². The SMILES string of the molecule is Cc1nn(Cc2ccccc2Cl)c(C)c1C(=O)Nc1cccc(CN2CCOCC2)c1. The van der Waals surface area contributed by atoms with Crippen molar-refractivity contribution in [2.24, 2.45) is 0 Å². The highest BCUT2D eigenvalue weighted by Gasteiger charge is 2.20. The van der Waals surface area contributed by atoms with Crippen LogP contribution in [0.1, 0.15) is 32.9 Å². The van der Waals surface area contributed by atoms with Crippen LogP contribution in [0, 0.1) is 13.8 Å². The van der Waals surface area contributed by atoms with Crippen molar-refractivity contribution >= 4 is 23.2 Å². The lowest BCUT2D eigenvalue weighted by Gasteiger charge is -2.26. The van der Waals surface area contributed by atoms with Gasteiger partial charge in [0.2, 0.25) is 0 Å². The monoisotopic (exact) mass is 438 g/mol. The van der Waals surface area contributed by atoms with Crippen LogP contribution in [0.15, 0.2) is 48.5 Å². The van der Waals surface area contributed by atoms with E-state index in [4.69, 9.17) is 16.3 Å². The first-order chi connectivity index (χ1) is 15.0. The molecule has 1 aromatic heterocycles. The van der Waals surface area contributed by atoms with Crippen LogP contribution < -0.4 is 5.32 Å². The van der Waals surface area contributed by atoms with Crippen molar-refractivity contribution in [1.82, 2.24) is 14.7 Å². The van der Waals surface area contributed by atoms with Gasteiger partial charge in [-0.3, -0.25) is 14.4 Å². The van der Waals surface area contributed by atoms with Gasteiger partial charge in [-0.15, -0.1) is 0 Å². The number of carbonyl (C=O) groups excluding carboxylic acids is 1. The van der Waals surface area contributed by atoms with Crippen molar-refractivity contribution in [1.29, 1.82) is 0 Å². The van der Waals surface area contributed by atoms with E-state index in [-0.39, 0.29) is 5.91 Å². The first kappa shape index (κ1) is 21.6. The van der Waals surface area contributed by atoms with E-state index < -0.39 is 0 Å². The minimum absolute atomic E-state index is 0.149. The normalized spacial score (nSPS) is 14.5. The number of nitrogens with one attached hydrogen (secondary N) is 1. The number of aromatic nitrogens is 2.